The van der Waals surface area contributed by atoms with Crippen molar-refractivity contribution in [1.82, 2.24) is 0 Å². The van der Waals surface area contributed by atoms with Gasteiger partial charge in [0.2, 0.25) is 0 Å². The van der Waals surface area contributed by atoms with E-state index in [4.69, 9.17) is 4.74 Å². The Morgan fingerprint density at radius 1 is 0.941 bits per heavy atom. The van der Waals surface area contributed by atoms with Crippen molar-refractivity contribution in [2.75, 3.05) is 0 Å². The Bertz CT molecular complexity index is 362. The summed E-state index contributed by atoms with van der Waals surface area (Å²) in [4.78, 5) is 0. The van der Waals surface area contributed by atoms with E-state index in [0.29, 0.717) is 0 Å². The van der Waals surface area contributed by atoms with E-state index in [0.717, 1.165) is 5.75 Å². The largest absolute Gasteiger partial charge is 0.483 e. The molecule has 96 valence electrons. The SMILES string of the molecule is CC.CC.CC1=CC(C)(C)Oc2ccccc21. The summed E-state index contributed by atoms with van der Waals surface area (Å²) in [6.07, 6.45) is 2.16. The van der Waals surface area contributed by atoms with Crippen molar-refractivity contribution in [1.29, 1.82) is 0 Å². The molecule has 0 saturated carbocycles. The minimum Gasteiger partial charge on any atom is -0.483 e. The average Bonchev–Trinajstić information content (AvgIpc) is 2.33. The Kier molecular flexibility index (Phi) is 6.64. The van der Waals surface area contributed by atoms with Crippen molar-refractivity contribution < 1.29 is 4.74 Å². The van der Waals surface area contributed by atoms with Gasteiger partial charge in [-0.25, -0.2) is 0 Å². The molecule has 0 N–H and O–H groups in total. The third-order valence-corrected chi connectivity index (χ3v) is 2.25. The quantitative estimate of drug-likeness (QED) is 0.591. The molecule has 0 spiro atoms. The van der Waals surface area contributed by atoms with E-state index < -0.39 is 0 Å². The minimum absolute atomic E-state index is 0.168. The van der Waals surface area contributed by atoms with Gasteiger partial charge in [-0.15, -0.1) is 0 Å². The summed E-state index contributed by atoms with van der Waals surface area (Å²) >= 11 is 0. The number of ether oxygens (including phenoxy) is 1. The number of fused-ring (bicyclic) bond motifs is 1. The molecule has 0 unspecified atom stereocenters. The third-order valence-electron chi connectivity index (χ3n) is 2.25. The van der Waals surface area contributed by atoms with Gasteiger partial charge in [0.25, 0.3) is 0 Å². The van der Waals surface area contributed by atoms with Crippen LogP contribution in [0.5, 0.6) is 5.75 Å². The lowest BCUT2D eigenvalue weighted by Crippen LogP contribution is -2.28. The maximum atomic E-state index is 5.81. The van der Waals surface area contributed by atoms with Crippen LogP contribution in [0.4, 0.5) is 0 Å². The Labute approximate surface area is 107 Å². The van der Waals surface area contributed by atoms with Crippen molar-refractivity contribution >= 4 is 5.57 Å². The first-order valence-electron chi connectivity index (χ1n) is 6.56. The Hall–Kier alpha value is -1.24. The summed E-state index contributed by atoms with van der Waals surface area (Å²) in [7, 11) is 0. The number of benzene rings is 1. The van der Waals surface area contributed by atoms with Crippen LogP contribution in [0.3, 0.4) is 0 Å². The molecular formula is C16H26O. The first kappa shape index (κ1) is 15.8. The van der Waals surface area contributed by atoms with Crippen molar-refractivity contribution in [3.63, 3.8) is 0 Å². The summed E-state index contributed by atoms with van der Waals surface area (Å²) in [5.41, 5.74) is 2.34. The van der Waals surface area contributed by atoms with Gasteiger partial charge in [0.05, 0.1) is 0 Å². The first-order chi connectivity index (χ1) is 8.08. The predicted octanol–water partition coefficient (Wildman–Crippen LogP) is 5.31. The highest BCUT2D eigenvalue weighted by atomic mass is 16.5. The van der Waals surface area contributed by atoms with E-state index in [1.807, 2.05) is 45.9 Å². The summed E-state index contributed by atoms with van der Waals surface area (Å²) in [6.45, 7) is 14.3. The number of allylic oxidation sites excluding steroid dienone is 1. The molecule has 1 aromatic rings. The highest BCUT2D eigenvalue weighted by Gasteiger charge is 2.23. The molecule has 0 atom stereocenters. The van der Waals surface area contributed by atoms with Crippen LogP contribution in [0, 0.1) is 0 Å². The molecule has 1 aromatic carbocycles. The van der Waals surface area contributed by atoms with Crippen molar-refractivity contribution in [3.05, 3.63) is 35.9 Å². The van der Waals surface area contributed by atoms with Crippen LogP contribution in [-0.4, -0.2) is 5.60 Å². The minimum atomic E-state index is -0.168. The third kappa shape index (κ3) is 4.26. The molecule has 2 rings (SSSR count). The maximum Gasteiger partial charge on any atom is 0.128 e. The molecular weight excluding hydrogens is 208 g/mol. The van der Waals surface area contributed by atoms with E-state index in [9.17, 15) is 0 Å². The fraction of sp³-hybridized carbons (Fsp3) is 0.500. The van der Waals surface area contributed by atoms with Gasteiger partial charge in [0.15, 0.2) is 0 Å². The molecule has 1 heterocycles. The molecule has 1 heteroatoms. The molecule has 0 aromatic heterocycles. The second kappa shape index (κ2) is 7.16. The van der Waals surface area contributed by atoms with E-state index in [2.05, 4.69) is 32.9 Å². The van der Waals surface area contributed by atoms with Crippen molar-refractivity contribution in [2.24, 2.45) is 0 Å². The Morgan fingerprint density at radius 3 is 2.06 bits per heavy atom. The fourth-order valence-electron chi connectivity index (χ4n) is 1.79. The molecule has 0 radical (unpaired) electrons. The van der Waals surface area contributed by atoms with Crippen LogP contribution in [0.25, 0.3) is 5.57 Å². The second-order valence-electron chi connectivity index (χ2n) is 4.03. The van der Waals surface area contributed by atoms with Crippen molar-refractivity contribution in [3.8, 4) is 5.75 Å². The molecule has 0 amide bonds. The lowest BCUT2D eigenvalue weighted by Gasteiger charge is -2.30. The number of rotatable bonds is 0. The molecule has 0 saturated heterocycles. The Morgan fingerprint density at radius 2 is 1.47 bits per heavy atom. The van der Waals surface area contributed by atoms with E-state index in [1.54, 1.807) is 0 Å². The second-order valence-corrected chi connectivity index (χ2v) is 4.03. The Balaban J connectivity index is 0.000000581. The van der Waals surface area contributed by atoms with Crippen molar-refractivity contribution in [2.45, 2.75) is 54.1 Å². The zero-order chi connectivity index (χ0) is 13.5. The number of hydrogen-bond acceptors (Lipinski definition) is 1. The van der Waals surface area contributed by atoms with Crippen LogP contribution >= 0.6 is 0 Å². The summed E-state index contributed by atoms with van der Waals surface area (Å²) in [5.74, 6) is 0.993. The average molecular weight is 234 g/mol. The van der Waals surface area contributed by atoms with Crippen LogP contribution in [0.1, 0.15) is 54.0 Å². The van der Waals surface area contributed by atoms with Crippen LogP contribution in [0.15, 0.2) is 30.3 Å². The fourth-order valence-corrected chi connectivity index (χ4v) is 1.79. The normalized spacial score (nSPS) is 14.9. The van der Waals surface area contributed by atoms with E-state index >= 15 is 0 Å². The lowest BCUT2D eigenvalue weighted by molar-refractivity contribution is 0.158. The van der Waals surface area contributed by atoms with E-state index in [-0.39, 0.29) is 5.60 Å². The van der Waals surface area contributed by atoms with Gasteiger partial charge >= 0.3 is 0 Å². The van der Waals surface area contributed by atoms with Crippen LogP contribution < -0.4 is 4.74 Å². The standard InChI is InChI=1S/C12H14O.2C2H6/c1-9-8-12(2,3)13-11-7-5-4-6-10(9)11;2*1-2/h4-8H,1-3H3;2*1-2H3. The zero-order valence-electron chi connectivity index (χ0n) is 12.3. The molecule has 1 aliphatic rings. The monoisotopic (exact) mass is 234 g/mol. The number of para-hydroxylation sites is 1. The van der Waals surface area contributed by atoms with Gasteiger partial charge in [-0.1, -0.05) is 45.9 Å². The van der Waals surface area contributed by atoms with Gasteiger partial charge in [-0.05, 0) is 38.5 Å². The maximum absolute atomic E-state index is 5.81. The summed E-state index contributed by atoms with van der Waals surface area (Å²) in [5, 5.41) is 0. The first-order valence-corrected chi connectivity index (χ1v) is 6.56. The summed E-state index contributed by atoms with van der Waals surface area (Å²) < 4.78 is 5.81. The smallest absolute Gasteiger partial charge is 0.128 e. The molecule has 0 fully saturated rings. The zero-order valence-corrected chi connectivity index (χ0v) is 12.3. The van der Waals surface area contributed by atoms with Gasteiger partial charge in [-0.3, -0.25) is 0 Å². The van der Waals surface area contributed by atoms with Gasteiger partial charge in [0.1, 0.15) is 11.4 Å². The molecule has 17 heavy (non-hydrogen) atoms. The lowest BCUT2D eigenvalue weighted by atomic mass is 9.96. The van der Waals surface area contributed by atoms with Crippen LogP contribution in [-0.2, 0) is 0 Å². The number of hydrogen-bond donors (Lipinski definition) is 0. The molecule has 1 aliphatic heterocycles. The predicted molar refractivity (Wildman–Crippen MR) is 77.5 cm³/mol. The van der Waals surface area contributed by atoms with E-state index in [1.165, 1.54) is 11.1 Å². The van der Waals surface area contributed by atoms with Gasteiger partial charge < -0.3 is 4.74 Å². The molecule has 1 nitrogen and oxygen atoms in total. The summed E-state index contributed by atoms with van der Waals surface area (Å²) in [6, 6.07) is 8.16. The molecule has 0 aliphatic carbocycles. The van der Waals surface area contributed by atoms with Crippen LogP contribution in [0.2, 0.25) is 0 Å². The highest BCUT2D eigenvalue weighted by Crippen LogP contribution is 2.35. The molecule has 0 bridgehead atoms. The van der Waals surface area contributed by atoms with Gasteiger partial charge in [-0.2, -0.15) is 0 Å². The highest BCUT2D eigenvalue weighted by molar-refractivity contribution is 5.71. The topological polar surface area (TPSA) is 9.23 Å². The van der Waals surface area contributed by atoms with Gasteiger partial charge in [0, 0.05) is 5.56 Å².